The van der Waals surface area contributed by atoms with E-state index in [1.54, 1.807) is 0 Å². The van der Waals surface area contributed by atoms with Crippen molar-refractivity contribution < 1.29 is 19.2 Å². The molecule has 0 radical (unpaired) electrons. The van der Waals surface area contributed by atoms with Gasteiger partial charge < -0.3 is 10.1 Å². The predicted molar refractivity (Wildman–Crippen MR) is 91.2 cm³/mol. The quantitative estimate of drug-likeness (QED) is 0.474. The molecule has 130 valence electrons. The van der Waals surface area contributed by atoms with E-state index in [1.165, 1.54) is 24.3 Å². The summed E-state index contributed by atoms with van der Waals surface area (Å²) in [6.07, 6.45) is 0. The van der Waals surface area contributed by atoms with Gasteiger partial charge in [-0.1, -0.05) is 49.4 Å². The van der Waals surface area contributed by atoms with Crippen LogP contribution in [0.15, 0.2) is 54.6 Å². The van der Waals surface area contributed by atoms with Crippen molar-refractivity contribution in [3.05, 3.63) is 75.8 Å². The number of nitro benzene ring substituents is 1. The van der Waals surface area contributed by atoms with Gasteiger partial charge in [-0.05, 0) is 17.5 Å². The largest absolute Gasteiger partial charge is 0.452 e. The van der Waals surface area contributed by atoms with Gasteiger partial charge in [-0.2, -0.15) is 0 Å². The van der Waals surface area contributed by atoms with Crippen molar-refractivity contribution in [3.63, 3.8) is 0 Å². The van der Waals surface area contributed by atoms with E-state index in [1.807, 2.05) is 37.3 Å². The average Bonchev–Trinajstić information content (AvgIpc) is 2.64. The van der Waals surface area contributed by atoms with Gasteiger partial charge in [0, 0.05) is 12.6 Å². The molecule has 2 aromatic carbocycles. The van der Waals surface area contributed by atoms with E-state index in [9.17, 15) is 19.7 Å². The fraction of sp³-hybridized carbons (Fsp3) is 0.222. The third-order valence-electron chi connectivity index (χ3n) is 3.63. The first-order chi connectivity index (χ1) is 12.0. The molecule has 1 atom stereocenters. The smallest absolute Gasteiger partial charge is 0.345 e. The van der Waals surface area contributed by atoms with Crippen molar-refractivity contribution in [1.82, 2.24) is 5.32 Å². The second-order valence-electron chi connectivity index (χ2n) is 5.47. The van der Waals surface area contributed by atoms with Crippen molar-refractivity contribution in [2.75, 3.05) is 13.2 Å². The van der Waals surface area contributed by atoms with Crippen molar-refractivity contribution >= 4 is 17.6 Å². The molecule has 1 amide bonds. The van der Waals surface area contributed by atoms with E-state index in [2.05, 4.69) is 5.32 Å². The first-order valence-electron chi connectivity index (χ1n) is 7.71. The number of esters is 1. The third kappa shape index (κ3) is 5.13. The highest BCUT2D eigenvalue weighted by Gasteiger charge is 2.21. The highest BCUT2D eigenvalue weighted by Crippen LogP contribution is 2.18. The predicted octanol–water partition coefficient (Wildman–Crippen LogP) is 2.67. The molecular weight excluding hydrogens is 324 g/mol. The second-order valence-corrected chi connectivity index (χ2v) is 5.47. The molecule has 0 bridgehead atoms. The molecule has 0 saturated heterocycles. The van der Waals surface area contributed by atoms with E-state index in [0.29, 0.717) is 6.54 Å². The van der Waals surface area contributed by atoms with Crippen LogP contribution in [0.2, 0.25) is 0 Å². The Kier molecular flexibility index (Phi) is 6.22. The molecule has 0 aromatic heterocycles. The summed E-state index contributed by atoms with van der Waals surface area (Å²) in [5, 5.41) is 13.6. The summed E-state index contributed by atoms with van der Waals surface area (Å²) in [7, 11) is 0. The van der Waals surface area contributed by atoms with E-state index in [4.69, 9.17) is 4.74 Å². The number of hydrogen-bond acceptors (Lipinski definition) is 5. The lowest BCUT2D eigenvalue weighted by Gasteiger charge is -2.13. The van der Waals surface area contributed by atoms with Crippen LogP contribution < -0.4 is 5.32 Å². The summed E-state index contributed by atoms with van der Waals surface area (Å²) in [4.78, 5) is 34.0. The van der Waals surface area contributed by atoms with Gasteiger partial charge >= 0.3 is 5.97 Å². The van der Waals surface area contributed by atoms with Crippen LogP contribution >= 0.6 is 0 Å². The van der Waals surface area contributed by atoms with Gasteiger partial charge in [0.1, 0.15) is 5.56 Å². The minimum Gasteiger partial charge on any atom is -0.452 e. The normalized spacial score (nSPS) is 11.4. The molecule has 0 fully saturated rings. The summed E-state index contributed by atoms with van der Waals surface area (Å²) < 4.78 is 4.86. The van der Waals surface area contributed by atoms with E-state index < -0.39 is 23.4 Å². The average molecular weight is 342 g/mol. The molecule has 0 saturated carbocycles. The van der Waals surface area contributed by atoms with E-state index in [0.717, 1.165) is 5.56 Å². The molecule has 0 aliphatic rings. The van der Waals surface area contributed by atoms with Gasteiger partial charge in [0.2, 0.25) is 0 Å². The summed E-state index contributed by atoms with van der Waals surface area (Å²) in [5.74, 6) is -1.26. The Morgan fingerprint density at radius 1 is 1.12 bits per heavy atom. The first-order valence-corrected chi connectivity index (χ1v) is 7.71. The van der Waals surface area contributed by atoms with Crippen LogP contribution in [0.25, 0.3) is 0 Å². The highest BCUT2D eigenvalue weighted by molar-refractivity contribution is 5.95. The minimum absolute atomic E-state index is 0.107. The Bertz CT molecular complexity index is 761. The summed E-state index contributed by atoms with van der Waals surface area (Å²) >= 11 is 0. The number of carbonyl (C=O) groups excluding carboxylic acids is 2. The van der Waals surface area contributed by atoms with Gasteiger partial charge in [-0.25, -0.2) is 4.79 Å². The van der Waals surface area contributed by atoms with Crippen molar-refractivity contribution in [1.29, 1.82) is 0 Å². The second kappa shape index (κ2) is 8.58. The molecule has 0 heterocycles. The van der Waals surface area contributed by atoms with Crippen LogP contribution in [0.4, 0.5) is 5.69 Å². The van der Waals surface area contributed by atoms with Gasteiger partial charge in [0.05, 0.1) is 4.92 Å². The molecule has 7 heteroatoms. The maximum absolute atomic E-state index is 11.9. The molecule has 2 rings (SSSR count). The van der Waals surface area contributed by atoms with Crippen LogP contribution in [0, 0.1) is 10.1 Å². The molecule has 0 spiro atoms. The number of nitrogens with one attached hydrogen (secondary N) is 1. The third-order valence-corrected chi connectivity index (χ3v) is 3.63. The maximum Gasteiger partial charge on any atom is 0.345 e. The lowest BCUT2D eigenvalue weighted by Crippen LogP contribution is -2.31. The number of benzene rings is 2. The molecule has 0 unspecified atom stereocenters. The molecule has 0 aliphatic heterocycles. The first kappa shape index (κ1) is 18.1. The summed E-state index contributed by atoms with van der Waals surface area (Å²) in [6.45, 7) is 1.87. The van der Waals surface area contributed by atoms with Gasteiger partial charge in [0.15, 0.2) is 6.61 Å². The summed E-state index contributed by atoms with van der Waals surface area (Å²) in [5.41, 5.74) is 0.545. The van der Waals surface area contributed by atoms with Crippen LogP contribution in [0.3, 0.4) is 0 Å². The zero-order valence-corrected chi connectivity index (χ0v) is 13.7. The molecule has 1 N–H and O–H groups in total. The van der Waals surface area contributed by atoms with Gasteiger partial charge in [0.25, 0.3) is 11.6 Å². The minimum atomic E-state index is -0.904. The number of nitro groups is 1. The van der Waals surface area contributed by atoms with Gasteiger partial charge in [-0.15, -0.1) is 0 Å². The van der Waals surface area contributed by atoms with Crippen LogP contribution in [-0.4, -0.2) is 30.0 Å². The SMILES string of the molecule is C[C@H](CNC(=O)COC(=O)c1ccccc1[N+](=O)[O-])c1ccccc1. The molecule has 0 aliphatic carbocycles. The number of hydrogen-bond donors (Lipinski definition) is 1. The zero-order valence-electron chi connectivity index (χ0n) is 13.7. The molecule has 2 aromatic rings. The number of carbonyl (C=O) groups is 2. The molecule has 7 nitrogen and oxygen atoms in total. The van der Waals surface area contributed by atoms with Crippen molar-refractivity contribution in [2.45, 2.75) is 12.8 Å². The highest BCUT2D eigenvalue weighted by atomic mass is 16.6. The number of nitrogens with zero attached hydrogens (tertiary/aromatic N) is 1. The summed E-state index contributed by atoms with van der Waals surface area (Å²) in [6, 6.07) is 15.1. The lowest BCUT2D eigenvalue weighted by atomic mass is 10.0. The van der Waals surface area contributed by atoms with Gasteiger partial charge in [-0.3, -0.25) is 14.9 Å². The lowest BCUT2D eigenvalue weighted by molar-refractivity contribution is -0.385. The monoisotopic (exact) mass is 342 g/mol. The van der Waals surface area contributed by atoms with Crippen molar-refractivity contribution in [2.24, 2.45) is 0 Å². The van der Waals surface area contributed by atoms with Crippen LogP contribution in [0.1, 0.15) is 28.8 Å². The maximum atomic E-state index is 11.9. The molecule has 25 heavy (non-hydrogen) atoms. The Balaban J connectivity index is 1.84. The Morgan fingerprint density at radius 3 is 2.44 bits per heavy atom. The van der Waals surface area contributed by atoms with E-state index in [-0.39, 0.29) is 17.2 Å². The van der Waals surface area contributed by atoms with E-state index >= 15 is 0 Å². The standard InChI is InChI=1S/C18H18N2O5/c1-13(14-7-3-2-4-8-14)11-19-17(21)12-25-18(22)15-9-5-6-10-16(15)20(23)24/h2-10,13H,11-12H2,1H3,(H,19,21)/t13-/m1/s1. The number of ether oxygens (including phenoxy) is 1. The number of para-hydroxylation sites is 1. The number of rotatable bonds is 7. The van der Waals surface area contributed by atoms with Crippen molar-refractivity contribution in [3.8, 4) is 0 Å². The molecular formula is C18H18N2O5. The number of amides is 1. The fourth-order valence-corrected chi connectivity index (χ4v) is 2.23. The Morgan fingerprint density at radius 2 is 1.76 bits per heavy atom. The topological polar surface area (TPSA) is 98.5 Å². The Labute approximate surface area is 144 Å². The van der Waals surface area contributed by atoms with Crippen LogP contribution in [0.5, 0.6) is 0 Å². The zero-order chi connectivity index (χ0) is 18.2. The fourth-order valence-electron chi connectivity index (χ4n) is 2.23. The van der Waals surface area contributed by atoms with Crippen LogP contribution in [-0.2, 0) is 9.53 Å². The Hall–Kier alpha value is -3.22.